The lowest BCUT2D eigenvalue weighted by Crippen LogP contribution is -2.45. The van der Waals surface area contributed by atoms with Crippen molar-refractivity contribution in [1.82, 2.24) is 10.2 Å². The molecule has 0 spiro atoms. The largest absolute Gasteiger partial charge is 0.314 e. The van der Waals surface area contributed by atoms with Crippen molar-refractivity contribution < 1.29 is 0 Å². The molecule has 6 heteroatoms. The maximum atomic E-state index is 6.37. The molecule has 0 radical (unpaired) electrons. The minimum atomic E-state index is 0. The van der Waals surface area contributed by atoms with E-state index in [0.29, 0.717) is 11.1 Å². The molecule has 1 atom stereocenters. The molecule has 0 bridgehead atoms. The summed E-state index contributed by atoms with van der Waals surface area (Å²) in [6, 6.07) is 6.08. The van der Waals surface area contributed by atoms with Crippen LogP contribution in [-0.2, 0) is 0 Å². The van der Waals surface area contributed by atoms with Gasteiger partial charge < -0.3 is 5.32 Å². The van der Waals surface area contributed by atoms with Crippen LogP contribution in [0.25, 0.3) is 0 Å². The Morgan fingerprint density at radius 1 is 1.29 bits per heavy atom. The zero-order chi connectivity index (χ0) is 13.8. The summed E-state index contributed by atoms with van der Waals surface area (Å²) >= 11 is 12.4. The van der Waals surface area contributed by atoms with Gasteiger partial charge in [-0.25, -0.2) is 0 Å². The fourth-order valence-electron chi connectivity index (χ4n) is 2.53. The number of hydrogen-bond donors (Lipinski definition) is 1. The number of piperazine rings is 1. The van der Waals surface area contributed by atoms with Gasteiger partial charge in [-0.15, -0.1) is 31.4 Å². The molecule has 1 fully saturated rings. The van der Waals surface area contributed by atoms with Gasteiger partial charge in [0, 0.05) is 42.3 Å². The lowest BCUT2D eigenvalue weighted by molar-refractivity contribution is 0.172. The fraction of sp³-hybridized carbons (Fsp3) is 0.467. The highest BCUT2D eigenvalue weighted by molar-refractivity contribution is 6.35. The lowest BCUT2D eigenvalue weighted by Gasteiger charge is -2.36. The third-order valence-electron chi connectivity index (χ3n) is 3.46. The Hall–Kier alpha value is 0.0400. The van der Waals surface area contributed by atoms with E-state index in [1.54, 1.807) is 0 Å². The van der Waals surface area contributed by atoms with E-state index in [0.717, 1.165) is 43.2 Å². The fourth-order valence-corrected chi connectivity index (χ4v) is 3.07. The van der Waals surface area contributed by atoms with E-state index in [9.17, 15) is 0 Å². The summed E-state index contributed by atoms with van der Waals surface area (Å²) in [4.78, 5) is 2.47. The van der Waals surface area contributed by atoms with Crippen LogP contribution in [0.5, 0.6) is 0 Å². The van der Waals surface area contributed by atoms with E-state index in [1.807, 2.05) is 18.2 Å². The summed E-state index contributed by atoms with van der Waals surface area (Å²) in [6.07, 6.45) is 0.932. The van der Waals surface area contributed by atoms with Crippen LogP contribution >= 0.6 is 48.0 Å². The minimum Gasteiger partial charge on any atom is -0.314 e. The number of halogens is 4. The van der Waals surface area contributed by atoms with Crippen molar-refractivity contribution in [3.8, 4) is 0 Å². The van der Waals surface area contributed by atoms with Gasteiger partial charge in [-0.1, -0.05) is 34.8 Å². The van der Waals surface area contributed by atoms with Crippen LogP contribution in [0, 0.1) is 0 Å². The second-order valence-electron chi connectivity index (χ2n) is 5.13. The van der Waals surface area contributed by atoms with Crippen molar-refractivity contribution in [2.45, 2.75) is 19.4 Å². The summed E-state index contributed by atoms with van der Waals surface area (Å²) in [5.74, 6) is 0. The predicted octanol–water partition coefficient (Wildman–Crippen LogP) is 4.75. The smallest absolute Gasteiger partial charge is 0.0468 e. The molecule has 0 unspecified atom stereocenters. The van der Waals surface area contributed by atoms with Gasteiger partial charge in [-0.3, -0.25) is 4.90 Å². The average Bonchev–Trinajstić information content (AvgIpc) is 2.37. The monoisotopic (exact) mass is 370 g/mol. The maximum absolute atomic E-state index is 6.37. The van der Waals surface area contributed by atoms with Crippen LogP contribution in [-0.4, -0.2) is 31.1 Å². The van der Waals surface area contributed by atoms with Crippen LogP contribution < -0.4 is 5.32 Å². The van der Waals surface area contributed by atoms with Crippen molar-refractivity contribution >= 4 is 48.0 Å². The van der Waals surface area contributed by atoms with Crippen molar-refractivity contribution in [2.75, 3.05) is 26.2 Å². The Morgan fingerprint density at radius 3 is 2.43 bits per heavy atom. The van der Waals surface area contributed by atoms with Crippen molar-refractivity contribution in [1.29, 1.82) is 0 Å². The molecule has 1 aromatic carbocycles. The molecule has 1 heterocycles. The van der Waals surface area contributed by atoms with E-state index in [2.05, 4.69) is 23.7 Å². The molecule has 21 heavy (non-hydrogen) atoms. The highest BCUT2D eigenvalue weighted by atomic mass is 35.5. The van der Waals surface area contributed by atoms with E-state index in [4.69, 9.17) is 23.2 Å². The molecule has 1 saturated heterocycles. The minimum absolute atomic E-state index is 0. The summed E-state index contributed by atoms with van der Waals surface area (Å²) in [5.41, 5.74) is 2.32. The van der Waals surface area contributed by atoms with Crippen LogP contribution in [0.4, 0.5) is 0 Å². The lowest BCUT2D eigenvalue weighted by atomic mass is 9.98. The number of nitrogens with one attached hydrogen (secondary N) is 1. The summed E-state index contributed by atoms with van der Waals surface area (Å²) in [5, 5.41) is 4.81. The number of rotatable bonds is 4. The van der Waals surface area contributed by atoms with Crippen molar-refractivity contribution in [2.24, 2.45) is 0 Å². The standard InChI is InChI=1S/C15H20Cl2N2.2ClH/c1-11(2)9-15(19-7-5-18-6-8-19)13-4-3-12(16)10-14(13)17;;/h3-4,10,15,18H,1,5-9H2,2H3;2*1H/t15-;;/m0../s1. The molecule has 1 aliphatic rings. The summed E-state index contributed by atoms with van der Waals surface area (Å²) in [7, 11) is 0. The summed E-state index contributed by atoms with van der Waals surface area (Å²) in [6.45, 7) is 10.2. The van der Waals surface area contributed by atoms with Crippen LogP contribution in [0.2, 0.25) is 10.0 Å². The zero-order valence-electron chi connectivity index (χ0n) is 12.1. The van der Waals surface area contributed by atoms with Gasteiger partial charge in [0.1, 0.15) is 0 Å². The average molecular weight is 372 g/mol. The first kappa shape index (κ1) is 21.0. The summed E-state index contributed by atoms with van der Waals surface area (Å²) < 4.78 is 0. The molecule has 0 aromatic heterocycles. The Bertz CT molecular complexity index is 459. The molecule has 120 valence electrons. The normalized spacial score (nSPS) is 16.5. The Balaban J connectivity index is 0.00000200. The Labute approximate surface area is 149 Å². The van der Waals surface area contributed by atoms with Crippen molar-refractivity contribution in [3.63, 3.8) is 0 Å². The molecule has 1 aliphatic heterocycles. The molecule has 2 rings (SSSR count). The van der Waals surface area contributed by atoms with Crippen LogP contribution in [0.1, 0.15) is 24.9 Å². The highest BCUT2D eigenvalue weighted by Gasteiger charge is 2.24. The second kappa shape index (κ2) is 9.94. The van der Waals surface area contributed by atoms with E-state index in [1.165, 1.54) is 5.57 Å². The van der Waals surface area contributed by atoms with Crippen LogP contribution in [0.3, 0.4) is 0 Å². The highest BCUT2D eigenvalue weighted by Crippen LogP contribution is 2.33. The van der Waals surface area contributed by atoms with Gasteiger partial charge in [0.05, 0.1) is 0 Å². The van der Waals surface area contributed by atoms with Gasteiger partial charge in [0.15, 0.2) is 0 Å². The zero-order valence-corrected chi connectivity index (χ0v) is 15.2. The topological polar surface area (TPSA) is 15.3 Å². The van der Waals surface area contributed by atoms with Gasteiger partial charge >= 0.3 is 0 Å². The molecule has 0 saturated carbocycles. The molecule has 1 N–H and O–H groups in total. The second-order valence-corrected chi connectivity index (χ2v) is 5.97. The number of hydrogen-bond acceptors (Lipinski definition) is 2. The van der Waals surface area contributed by atoms with Crippen LogP contribution in [0.15, 0.2) is 30.4 Å². The first-order chi connectivity index (χ1) is 9.08. The van der Waals surface area contributed by atoms with E-state index in [-0.39, 0.29) is 24.8 Å². The first-order valence-electron chi connectivity index (χ1n) is 6.62. The Morgan fingerprint density at radius 2 is 1.90 bits per heavy atom. The predicted molar refractivity (Wildman–Crippen MR) is 97.6 cm³/mol. The first-order valence-corrected chi connectivity index (χ1v) is 7.37. The van der Waals surface area contributed by atoms with Gasteiger partial charge in [-0.2, -0.15) is 0 Å². The van der Waals surface area contributed by atoms with E-state index >= 15 is 0 Å². The van der Waals surface area contributed by atoms with Crippen molar-refractivity contribution in [3.05, 3.63) is 46.0 Å². The quantitative estimate of drug-likeness (QED) is 0.768. The maximum Gasteiger partial charge on any atom is 0.0468 e. The molecule has 0 amide bonds. The Kier molecular flexibility index (Phi) is 9.96. The number of benzene rings is 1. The van der Waals surface area contributed by atoms with E-state index < -0.39 is 0 Å². The third kappa shape index (κ3) is 5.97. The molecule has 1 aromatic rings. The molecular formula is C15H22Cl4N2. The third-order valence-corrected chi connectivity index (χ3v) is 4.02. The van der Waals surface area contributed by atoms with Gasteiger partial charge in [0.25, 0.3) is 0 Å². The van der Waals surface area contributed by atoms with Gasteiger partial charge in [0.2, 0.25) is 0 Å². The molecule has 2 nitrogen and oxygen atoms in total. The molecular weight excluding hydrogens is 350 g/mol. The van der Waals surface area contributed by atoms with Gasteiger partial charge in [-0.05, 0) is 31.0 Å². The number of nitrogens with zero attached hydrogens (tertiary/aromatic N) is 1. The SMILES string of the molecule is C=C(C)C[C@@H](c1ccc(Cl)cc1Cl)N1CCNCC1.Cl.Cl. The molecule has 0 aliphatic carbocycles.